The summed E-state index contributed by atoms with van der Waals surface area (Å²) in [6.45, 7) is 2.24. The normalized spacial score (nSPS) is 9.00. The number of aliphatic hydroxyl groups is 3. The molecule has 0 aliphatic carbocycles. The van der Waals surface area contributed by atoms with Gasteiger partial charge in [-0.05, 0) is 0 Å². The molecule has 0 saturated carbocycles. The monoisotopic (exact) mass is 160 g/mol. The summed E-state index contributed by atoms with van der Waals surface area (Å²) in [5.74, 6) is 0.144. The Balaban J connectivity index is 4.33. The molecule has 0 aliphatic rings. The molecule has 0 spiro atoms. The Morgan fingerprint density at radius 1 is 1.18 bits per heavy atom. The number of hydrogen-bond donors (Lipinski definition) is 3. The summed E-state index contributed by atoms with van der Waals surface area (Å²) in [5, 5.41) is 25.9. The van der Waals surface area contributed by atoms with Crippen LogP contribution in [0.5, 0.6) is 0 Å². The average molecular weight is 160 g/mol. The van der Waals surface area contributed by atoms with Crippen molar-refractivity contribution in [3.05, 3.63) is 24.2 Å². The van der Waals surface area contributed by atoms with Crippen LogP contribution in [0.15, 0.2) is 24.2 Å². The van der Waals surface area contributed by atoms with E-state index in [0.717, 1.165) is 6.26 Å². The van der Waals surface area contributed by atoms with Crippen molar-refractivity contribution in [2.75, 3.05) is 19.8 Å². The highest BCUT2D eigenvalue weighted by atomic mass is 16.5. The third kappa shape index (κ3) is 3.18. The largest absolute Gasteiger partial charge is 0.467 e. The Morgan fingerprint density at radius 2 is 1.73 bits per heavy atom. The molecule has 4 nitrogen and oxygen atoms in total. The Morgan fingerprint density at radius 3 is 2.00 bits per heavy atom. The first-order valence-corrected chi connectivity index (χ1v) is 3.11. The van der Waals surface area contributed by atoms with Crippen molar-refractivity contribution in [1.29, 1.82) is 0 Å². The Bertz CT molecular complexity index is 145. The second kappa shape index (κ2) is 5.91. The molecule has 0 atom stereocenters. The third-order valence-electron chi connectivity index (χ3n) is 1.15. The summed E-state index contributed by atoms with van der Waals surface area (Å²) in [7, 11) is 0. The van der Waals surface area contributed by atoms with Gasteiger partial charge in [0.15, 0.2) is 0 Å². The lowest BCUT2D eigenvalue weighted by Crippen LogP contribution is -2.06. The standard InChI is InChI=1S/C7H12O4/c1-2-11-7(5-10)6(3-8)4-9/h2,8-10H,1,3-5H2. The van der Waals surface area contributed by atoms with E-state index in [-0.39, 0.29) is 31.2 Å². The Kier molecular flexibility index (Phi) is 5.46. The van der Waals surface area contributed by atoms with Crippen molar-refractivity contribution in [1.82, 2.24) is 0 Å². The van der Waals surface area contributed by atoms with Crippen LogP contribution in [0.2, 0.25) is 0 Å². The Hall–Kier alpha value is -0.840. The summed E-state index contributed by atoms with van der Waals surface area (Å²) in [6, 6.07) is 0. The van der Waals surface area contributed by atoms with Crippen molar-refractivity contribution >= 4 is 0 Å². The van der Waals surface area contributed by atoms with E-state index in [9.17, 15) is 0 Å². The molecule has 64 valence electrons. The SMILES string of the molecule is C=COC(CO)=C(CO)CO. The molecule has 0 saturated heterocycles. The van der Waals surface area contributed by atoms with Gasteiger partial charge in [-0.15, -0.1) is 0 Å². The van der Waals surface area contributed by atoms with Gasteiger partial charge in [0.25, 0.3) is 0 Å². The van der Waals surface area contributed by atoms with E-state index in [0.29, 0.717) is 0 Å². The van der Waals surface area contributed by atoms with E-state index in [1.165, 1.54) is 0 Å². The molecule has 0 radical (unpaired) electrons. The van der Waals surface area contributed by atoms with Gasteiger partial charge in [-0.3, -0.25) is 0 Å². The molecule has 0 aromatic rings. The summed E-state index contributed by atoms with van der Waals surface area (Å²) >= 11 is 0. The van der Waals surface area contributed by atoms with Crippen LogP contribution in [0.1, 0.15) is 0 Å². The van der Waals surface area contributed by atoms with Crippen LogP contribution in [-0.2, 0) is 4.74 Å². The summed E-state index contributed by atoms with van der Waals surface area (Å²) < 4.78 is 4.71. The van der Waals surface area contributed by atoms with E-state index in [1.54, 1.807) is 0 Å². The quantitative estimate of drug-likeness (QED) is 0.469. The summed E-state index contributed by atoms with van der Waals surface area (Å²) in [4.78, 5) is 0. The highest BCUT2D eigenvalue weighted by molar-refractivity contribution is 5.10. The van der Waals surface area contributed by atoms with Crippen molar-refractivity contribution in [3.63, 3.8) is 0 Å². The van der Waals surface area contributed by atoms with Crippen LogP contribution in [0.25, 0.3) is 0 Å². The number of hydrogen-bond acceptors (Lipinski definition) is 4. The highest BCUT2D eigenvalue weighted by Gasteiger charge is 2.03. The molecular weight excluding hydrogens is 148 g/mol. The average Bonchev–Trinajstić information content (AvgIpc) is 2.05. The van der Waals surface area contributed by atoms with Crippen LogP contribution in [0.3, 0.4) is 0 Å². The second-order valence-corrected chi connectivity index (χ2v) is 1.79. The third-order valence-corrected chi connectivity index (χ3v) is 1.15. The van der Waals surface area contributed by atoms with E-state index in [4.69, 9.17) is 20.1 Å². The van der Waals surface area contributed by atoms with Gasteiger partial charge >= 0.3 is 0 Å². The minimum absolute atomic E-state index is 0.144. The first kappa shape index (κ1) is 10.2. The van der Waals surface area contributed by atoms with E-state index in [1.807, 2.05) is 0 Å². The fourth-order valence-electron chi connectivity index (χ4n) is 0.559. The lowest BCUT2D eigenvalue weighted by molar-refractivity contribution is 0.208. The van der Waals surface area contributed by atoms with E-state index >= 15 is 0 Å². The minimum atomic E-state index is -0.359. The minimum Gasteiger partial charge on any atom is -0.467 e. The van der Waals surface area contributed by atoms with Gasteiger partial charge in [0.2, 0.25) is 0 Å². The van der Waals surface area contributed by atoms with Crippen LogP contribution < -0.4 is 0 Å². The maximum Gasteiger partial charge on any atom is 0.132 e. The van der Waals surface area contributed by atoms with Crippen LogP contribution in [-0.4, -0.2) is 35.1 Å². The maximum absolute atomic E-state index is 8.64. The summed E-state index contributed by atoms with van der Waals surface area (Å²) in [6.07, 6.45) is 1.12. The first-order valence-electron chi connectivity index (χ1n) is 3.11. The fraction of sp³-hybridized carbons (Fsp3) is 0.429. The predicted octanol–water partition coefficient (Wildman–Crippen LogP) is -0.623. The highest BCUT2D eigenvalue weighted by Crippen LogP contribution is 2.04. The summed E-state index contributed by atoms with van der Waals surface area (Å²) in [5.41, 5.74) is 0.257. The lowest BCUT2D eigenvalue weighted by Gasteiger charge is -2.07. The fourth-order valence-corrected chi connectivity index (χ4v) is 0.559. The molecule has 0 aromatic carbocycles. The molecule has 0 rings (SSSR count). The molecule has 0 aromatic heterocycles. The zero-order chi connectivity index (χ0) is 8.69. The van der Waals surface area contributed by atoms with E-state index in [2.05, 4.69) is 6.58 Å². The molecule has 4 heteroatoms. The molecule has 0 bridgehead atoms. The van der Waals surface area contributed by atoms with Gasteiger partial charge in [-0.2, -0.15) is 0 Å². The zero-order valence-electron chi connectivity index (χ0n) is 6.16. The van der Waals surface area contributed by atoms with Crippen molar-refractivity contribution < 1.29 is 20.1 Å². The molecule has 0 unspecified atom stereocenters. The van der Waals surface area contributed by atoms with Crippen LogP contribution >= 0.6 is 0 Å². The maximum atomic E-state index is 8.64. The van der Waals surface area contributed by atoms with Gasteiger partial charge < -0.3 is 20.1 Å². The molecule has 3 N–H and O–H groups in total. The molecule has 0 fully saturated rings. The molecule has 11 heavy (non-hydrogen) atoms. The molecule has 0 amide bonds. The van der Waals surface area contributed by atoms with Crippen LogP contribution in [0, 0.1) is 0 Å². The molecular formula is C7H12O4. The molecule has 0 heterocycles. The van der Waals surface area contributed by atoms with E-state index < -0.39 is 0 Å². The van der Waals surface area contributed by atoms with Gasteiger partial charge in [-0.25, -0.2) is 0 Å². The van der Waals surface area contributed by atoms with Crippen molar-refractivity contribution in [3.8, 4) is 0 Å². The predicted molar refractivity (Wildman–Crippen MR) is 39.6 cm³/mol. The van der Waals surface area contributed by atoms with Gasteiger partial charge in [0.05, 0.1) is 19.5 Å². The number of rotatable bonds is 5. The zero-order valence-corrected chi connectivity index (χ0v) is 6.16. The topological polar surface area (TPSA) is 69.9 Å². The number of aliphatic hydroxyl groups excluding tert-OH is 3. The smallest absolute Gasteiger partial charge is 0.132 e. The first-order chi connectivity index (χ1) is 5.29. The number of ether oxygens (including phenoxy) is 1. The van der Waals surface area contributed by atoms with Gasteiger partial charge in [-0.1, -0.05) is 6.58 Å². The lowest BCUT2D eigenvalue weighted by atomic mass is 10.2. The molecule has 0 aliphatic heterocycles. The van der Waals surface area contributed by atoms with Gasteiger partial charge in [0.1, 0.15) is 12.4 Å². The van der Waals surface area contributed by atoms with Crippen molar-refractivity contribution in [2.24, 2.45) is 0 Å². The Labute approximate surface area is 65.0 Å². The van der Waals surface area contributed by atoms with Gasteiger partial charge in [0, 0.05) is 5.57 Å². The van der Waals surface area contributed by atoms with Crippen molar-refractivity contribution in [2.45, 2.75) is 0 Å². The van der Waals surface area contributed by atoms with Crippen LogP contribution in [0.4, 0.5) is 0 Å². The second-order valence-electron chi connectivity index (χ2n) is 1.79.